The van der Waals surface area contributed by atoms with Crippen LogP contribution in [0.4, 0.5) is 0 Å². The molecule has 11 heavy (non-hydrogen) atoms. The standard InChI is InChI=1S/C8H10BrNO/c1-6(11-10)7-4-2-3-5-8(7)9/h2-6H,10H2,1H3. The first-order chi connectivity index (χ1) is 5.25. The molecule has 0 aliphatic carbocycles. The van der Waals surface area contributed by atoms with Crippen LogP contribution in [-0.4, -0.2) is 0 Å². The number of benzene rings is 1. The zero-order valence-electron chi connectivity index (χ0n) is 6.25. The highest BCUT2D eigenvalue weighted by Crippen LogP contribution is 2.23. The van der Waals surface area contributed by atoms with E-state index in [4.69, 9.17) is 5.90 Å². The Kier molecular flexibility index (Phi) is 3.05. The third-order valence-electron chi connectivity index (χ3n) is 1.55. The predicted molar refractivity (Wildman–Crippen MR) is 47.8 cm³/mol. The van der Waals surface area contributed by atoms with Crippen LogP contribution in [0, 0.1) is 0 Å². The summed E-state index contributed by atoms with van der Waals surface area (Å²) in [5, 5.41) is 0. The van der Waals surface area contributed by atoms with E-state index in [1.54, 1.807) is 0 Å². The molecule has 2 nitrogen and oxygen atoms in total. The normalized spacial score (nSPS) is 13.0. The lowest BCUT2D eigenvalue weighted by atomic mass is 10.1. The predicted octanol–water partition coefficient (Wildman–Crippen LogP) is 2.40. The topological polar surface area (TPSA) is 35.2 Å². The Morgan fingerprint density at radius 1 is 1.45 bits per heavy atom. The lowest BCUT2D eigenvalue weighted by Crippen LogP contribution is -2.05. The van der Waals surface area contributed by atoms with Crippen molar-refractivity contribution < 1.29 is 4.84 Å². The second-order valence-corrected chi connectivity index (χ2v) is 3.15. The molecule has 1 aromatic rings. The van der Waals surface area contributed by atoms with Crippen LogP contribution < -0.4 is 5.90 Å². The highest BCUT2D eigenvalue weighted by atomic mass is 79.9. The van der Waals surface area contributed by atoms with Crippen LogP contribution in [0.15, 0.2) is 28.7 Å². The van der Waals surface area contributed by atoms with Gasteiger partial charge in [-0.1, -0.05) is 34.1 Å². The van der Waals surface area contributed by atoms with E-state index in [-0.39, 0.29) is 6.10 Å². The van der Waals surface area contributed by atoms with Crippen LogP contribution in [-0.2, 0) is 4.84 Å². The number of rotatable bonds is 2. The third-order valence-corrected chi connectivity index (χ3v) is 2.27. The second-order valence-electron chi connectivity index (χ2n) is 2.30. The Morgan fingerprint density at radius 3 is 2.64 bits per heavy atom. The average molecular weight is 216 g/mol. The number of hydrogen-bond donors (Lipinski definition) is 1. The van der Waals surface area contributed by atoms with Gasteiger partial charge in [-0.2, -0.15) is 0 Å². The second kappa shape index (κ2) is 3.85. The first-order valence-corrected chi connectivity index (χ1v) is 4.15. The zero-order chi connectivity index (χ0) is 8.27. The van der Waals surface area contributed by atoms with Crippen molar-refractivity contribution in [1.29, 1.82) is 0 Å². The molecule has 0 saturated heterocycles. The van der Waals surface area contributed by atoms with Gasteiger partial charge in [-0.3, -0.25) is 4.84 Å². The largest absolute Gasteiger partial charge is 0.297 e. The Labute approximate surface area is 74.4 Å². The van der Waals surface area contributed by atoms with Crippen molar-refractivity contribution in [2.45, 2.75) is 13.0 Å². The van der Waals surface area contributed by atoms with Gasteiger partial charge in [-0.25, -0.2) is 5.90 Å². The van der Waals surface area contributed by atoms with E-state index in [1.807, 2.05) is 31.2 Å². The van der Waals surface area contributed by atoms with E-state index in [9.17, 15) is 0 Å². The van der Waals surface area contributed by atoms with Crippen LogP contribution in [0.1, 0.15) is 18.6 Å². The van der Waals surface area contributed by atoms with E-state index in [1.165, 1.54) is 0 Å². The maximum Gasteiger partial charge on any atom is 0.102 e. The minimum Gasteiger partial charge on any atom is -0.297 e. The fourth-order valence-corrected chi connectivity index (χ4v) is 1.49. The quantitative estimate of drug-likeness (QED) is 0.770. The van der Waals surface area contributed by atoms with Crippen molar-refractivity contribution in [3.05, 3.63) is 34.3 Å². The monoisotopic (exact) mass is 215 g/mol. The van der Waals surface area contributed by atoms with Crippen LogP contribution >= 0.6 is 15.9 Å². The van der Waals surface area contributed by atoms with Crippen molar-refractivity contribution in [3.8, 4) is 0 Å². The summed E-state index contributed by atoms with van der Waals surface area (Å²) in [5.74, 6) is 5.05. The van der Waals surface area contributed by atoms with Crippen LogP contribution in [0.5, 0.6) is 0 Å². The van der Waals surface area contributed by atoms with Crippen LogP contribution in [0.25, 0.3) is 0 Å². The molecule has 0 fully saturated rings. The molecule has 0 aliphatic heterocycles. The fourth-order valence-electron chi connectivity index (χ4n) is 0.878. The summed E-state index contributed by atoms with van der Waals surface area (Å²) in [4.78, 5) is 4.69. The minimum atomic E-state index is -0.0643. The number of hydrogen-bond acceptors (Lipinski definition) is 2. The Balaban J connectivity index is 2.93. The summed E-state index contributed by atoms with van der Waals surface area (Å²) < 4.78 is 1.03. The van der Waals surface area contributed by atoms with Gasteiger partial charge in [-0.05, 0) is 18.6 Å². The molecule has 0 saturated carbocycles. The molecule has 1 aromatic carbocycles. The summed E-state index contributed by atoms with van der Waals surface area (Å²) >= 11 is 3.40. The third kappa shape index (κ3) is 2.02. The maximum absolute atomic E-state index is 5.05. The van der Waals surface area contributed by atoms with E-state index in [0.29, 0.717) is 0 Å². The van der Waals surface area contributed by atoms with Gasteiger partial charge in [0, 0.05) is 4.47 Å². The highest BCUT2D eigenvalue weighted by molar-refractivity contribution is 9.10. The van der Waals surface area contributed by atoms with Gasteiger partial charge in [0.15, 0.2) is 0 Å². The first-order valence-electron chi connectivity index (χ1n) is 3.35. The molecule has 60 valence electrons. The lowest BCUT2D eigenvalue weighted by molar-refractivity contribution is 0.0659. The molecule has 2 N–H and O–H groups in total. The van der Waals surface area contributed by atoms with E-state index in [2.05, 4.69) is 20.8 Å². The van der Waals surface area contributed by atoms with E-state index in [0.717, 1.165) is 10.0 Å². The molecule has 0 aromatic heterocycles. The van der Waals surface area contributed by atoms with E-state index < -0.39 is 0 Å². The molecule has 1 rings (SSSR count). The van der Waals surface area contributed by atoms with Gasteiger partial charge in [0.05, 0.1) is 0 Å². The molecule has 0 radical (unpaired) electrons. The fraction of sp³-hybridized carbons (Fsp3) is 0.250. The van der Waals surface area contributed by atoms with Crippen molar-refractivity contribution in [2.24, 2.45) is 5.90 Å². The van der Waals surface area contributed by atoms with Crippen molar-refractivity contribution in [2.75, 3.05) is 0 Å². The summed E-state index contributed by atoms with van der Waals surface area (Å²) in [7, 11) is 0. The van der Waals surface area contributed by atoms with Gasteiger partial charge in [0.25, 0.3) is 0 Å². The van der Waals surface area contributed by atoms with Crippen LogP contribution in [0.3, 0.4) is 0 Å². The SMILES string of the molecule is CC(ON)c1ccccc1Br. The van der Waals surface area contributed by atoms with Gasteiger partial charge in [-0.15, -0.1) is 0 Å². The summed E-state index contributed by atoms with van der Waals surface area (Å²) in [6.45, 7) is 1.90. The molecular weight excluding hydrogens is 206 g/mol. The minimum absolute atomic E-state index is 0.0643. The zero-order valence-corrected chi connectivity index (χ0v) is 7.84. The van der Waals surface area contributed by atoms with Crippen molar-refractivity contribution in [1.82, 2.24) is 0 Å². The van der Waals surface area contributed by atoms with Gasteiger partial charge < -0.3 is 0 Å². The smallest absolute Gasteiger partial charge is 0.102 e. The maximum atomic E-state index is 5.05. The molecule has 0 aliphatic rings. The number of halogens is 1. The lowest BCUT2D eigenvalue weighted by Gasteiger charge is -2.09. The molecule has 1 atom stereocenters. The molecular formula is C8H10BrNO. The highest BCUT2D eigenvalue weighted by Gasteiger charge is 2.06. The molecule has 1 unspecified atom stereocenters. The van der Waals surface area contributed by atoms with Gasteiger partial charge in [0.1, 0.15) is 6.10 Å². The Bertz CT molecular complexity index is 239. The Morgan fingerprint density at radius 2 is 2.09 bits per heavy atom. The van der Waals surface area contributed by atoms with Crippen molar-refractivity contribution >= 4 is 15.9 Å². The summed E-state index contributed by atoms with van der Waals surface area (Å²) in [6, 6.07) is 7.85. The molecule has 0 spiro atoms. The molecule has 3 heteroatoms. The van der Waals surface area contributed by atoms with Gasteiger partial charge >= 0.3 is 0 Å². The Hall–Kier alpha value is -0.380. The molecule has 0 amide bonds. The van der Waals surface area contributed by atoms with E-state index >= 15 is 0 Å². The average Bonchev–Trinajstić information content (AvgIpc) is 2.04. The number of nitrogens with two attached hydrogens (primary N) is 1. The van der Waals surface area contributed by atoms with Gasteiger partial charge in [0.2, 0.25) is 0 Å². The molecule has 0 heterocycles. The first kappa shape index (κ1) is 8.71. The van der Waals surface area contributed by atoms with Crippen molar-refractivity contribution in [3.63, 3.8) is 0 Å². The van der Waals surface area contributed by atoms with Crippen LogP contribution in [0.2, 0.25) is 0 Å². The summed E-state index contributed by atoms with van der Waals surface area (Å²) in [6.07, 6.45) is -0.0643. The summed E-state index contributed by atoms with van der Waals surface area (Å²) in [5.41, 5.74) is 1.06. The molecule has 0 bridgehead atoms.